The fourth-order valence-corrected chi connectivity index (χ4v) is 1.44. The van der Waals surface area contributed by atoms with E-state index in [1.165, 1.54) is 0 Å². The minimum atomic E-state index is 0.584. The molecule has 0 saturated heterocycles. The first-order valence-corrected chi connectivity index (χ1v) is 5.73. The Kier molecular flexibility index (Phi) is 5.29. The molecule has 1 aromatic carbocycles. The van der Waals surface area contributed by atoms with E-state index in [2.05, 4.69) is 22.7 Å². The quantitative estimate of drug-likeness (QED) is 0.319. The number of para-hydroxylation sites is 2. The molecule has 5 nitrogen and oxygen atoms in total. The van der Waals surface area contributed by atoms with Crippen LogP contribution in [0.3, 0.4) is 0 Å². The minimum Gasteiger partial charge on any atom is -0.376 e. The Balaban J connectivity index is 2.86. The maximum Gasteiger partial charge on any atom is 0.210 e. The van der Waals surface area contributed by atoms with Crippen LogP contribution in [0.1, 0.15) is 13.3 Å². The Hall–Kier alpha value is -1.75. The largest absolute Gasteiger partial charge is 0.376 e. The molecule has 1 rings (SSSR count). The normalized spacial score (nSPS) is 11.2. The highest BCUT2D eigenvalue weighted by molar-refractivity contribution is 5.96. The topological polar surface area (TPSA) is 65.7 Å². The van der Waals surface area contributed by atoms with Crippen molar-refractivity contribution in [3.8, 4) is 0 Å². The van der Waals surface area contributed by atoms with Crippen LogP contribution in [0.2, 0.25) is 0 Å². The zero-order valence-electron chi connectivity index (χ0n) is 10.7. The first-order chi connectivity index (χ1) is 8.19. The molecule has 0 heterocycles. The van der Waals surface area contributed by atoms with Crippen LogP contribution in [-0.2, 0) is 0 Å². The molecule has 0 aliphatic heterocycles. The lowest BCUT2D eigenvalue weighted by Gasteiger charge is -2.18. The summed E-state index contributed by atoms with van der Waals surface area (Å²) in [6.45, 7) is 2.82. The molecule has 0 unspecified atom stereocenters. The van der Waals surface area contributed by atoms with E-state index in [0.717, 1.165) is 24.3 Å². The Morgan fingerprint density at radius 1 is 1.35 bits per heavy atom. The summed E-state index contributed by atoms with van der Waals surface area (Å²) in [7, 11) is 4.00. The van der Waals surface area contributed by atoms with Gasteiger partial charge >= 0.3 is 0 Å². The van der Waals surface area contributed by atoms with Crippen molar-refractivity contribution in [3.63, 3.8) is 0 Å². The molecular weight excluding hydrogens is 214 g/mol. The van der Waals surface area contributed by atoms with Crippen LogP contribution >= 0.6 is 0 Å². The van der Waals surface area contributed by atoms with Crippen molar-refractivity contribution in [2.75, 3.05) is 30.9 Å². The summed E-state index contributed by atoms with van der Waals surface area (Å²) < 4.78 is 0. The third kappa shape index (κ3) is 3.96. The summed E-state index contributed by atoms with van der Waals surface area (Å²) in [6.07, 6.45) is 0.988. The lowest BCUT2D eigenvalue weighted by Crippen LogP contribution is -2.36. The maximum atomic E-state index is 5.43. The minimum absolute atomic E-state index is 0.584. The third-order valence-electron chi connectivity index (χ3n) is 2.27. The molecule has 94 valence electrons. The van der Waals surface area contributed by atoms with E-state index < -0.39 is 0 Å². The van der Waals surface area contributed by atoms with Gasteiger partial charge < -0.3 is 10.2 Å². The first-order valence-electron chi connectivity index (χ1n) is 5.73. The van der Waals surface area contributed by atoms with E-state index in [1.54, 1.807) is 0 Å². The second kappa shape index (κ2) is 6.75. The third-order valence-corrected chi connectivity index (χ3v) is 2.27. The van der Waals surface area contributed by atoms with Gasteiger partial charge in [-0.15, -0.1) is 0 Å². The number of hydrazine groups is 1. The summed E-state index contributed by atoms with van der Waals surface area (Å²) in [5.41, 5.74) is 4.64. The molecule has 17 heavy (non-hydrogen) atoms. The predicted molar refractivity (Wildman–Crippen MR) is 74.3 cm³/mol. The average Bonchev–Trinajstić information content (AvgIpc) is 2.34. The summed E-state index contributed by atoms with van der Waals surface area (Å²) in [5, 5.41) is 3.19. The Bertz CT molecular complexity index is 373. The molecule has 0 spiro atoms. The van der Waals surface area contributed by atoms with E-state index >= 15 is 0 Å². The van der Waals surface area contributed by atoms with Crippen LogP contribution < -0.4 is 21.5 Å². The molecule has 0 aliphatic rings. The van der Waals surface area contributed by atoms with Gasteiger partial charge in [0.2, 0.25) is 5.96 Å². The zero-order chi connectivity index (χ0) is 12.7. The van der Waals surface area contributed by atoms with E-state index in [-0.39, 0.29) is 0 Å². The van der Waals surface area contributed by atoms with Crippen LogP contribution in [0, 0.1) is 0 Å². The predicted octanol–water partition coefficient (Wildman–Crippen LogP) is 1.39. The molecule has 0 aliphatic carbocycles. The van der Waals surface area contributed by atoms with Gasteiger partial charge in [-0.1, -0.05) is 19.1 Å². The molecule has 0 atom stereocenters. The second-order valence-corrected chi connectivity index (χ2v) is 3.91. The molecule has 1 aromatic rings. The van der Waals surface area contributed by atoms with Gasteiger partial charge in [-0.2, -0.15) is 0 Å². The number of nitrogens with zero attached hydrogens (tertiary/aromatic N) is 2. The number of guanidine groups is 1. The van der Waals surface area contributed by atoms with Crippen molar-refractivity contribution in [1.82, 2.24) is 5.43 Å². The molecule has 0 bridgehead atoms. The van der Waals surface area contributed by atoms with Crippen molar-refractivity contribution in [2.24, 2.45) is 10.8 Å². The van der Waals surface area contributed by atoms with Gasteiger partial charge in [0.1, 0.15) is 0 Å². The molecule has 0 aromatic heterocycles. The Morgan fingerprint density at radius 2 is 2.06 bits per heavy atom. The van der Waals surface area contributed by atoms with Gasteiger partial charge in [0.05, 0.1) is 11.4 Å². The van der Waals surface area contributed by atoms with Crippen molar-refractivity contribution in [3.05, 3.63) is 24.3 Å². The highest BCUT2D eigenvalue weighted by atomic mass is 15.3. The Labute approximate surface area is 103 Å². The maximum absolute atomic E-state index is 5.43. The van der Waals surface area contributed by atoms with Gasteiger partial charge in [0, 0.05) is 20.6 Å². The summed E-state index contributed by atoms with van der Waals surface area (Å²) >= 11 is 0. The second-order valence-electron chi connectivity index (χ2n) is 3.91. The number of benzene rings is 1. The number of nitrogens with one attached hydrogen (secondary N) is 2. The molecule has 5 heteroatoms. The van der Waals surface area contributed by atoms with Crippen molar-refractivity contribution in [1.29, 1.82) is 0 Å². The van der Waals surface area contributed by atoms with Crippen LogP contribution in [0.25, 0.3) is 0 Å². The van der Waals surface area contributed by atoms with Crippen LogP contribution in [0.15, 0.2) is 29.3 Å². The monoisotopic (exact) mass is 235 g/mol. The fraction of sp³-hybridized carbons (Fsp3) is 0.417. The van der Waals surface area contributed by atoms with E-state index in [0.29, 0.717) is 5.96 Å². The molecule has 0 saturated carbocycles. The number of aliphatic imine (C=N–C) groups is 1. The summed E-state index contributed by atoms with van der Waals surface area (Å²) in [6, 6.07) is 8.01. The van der Waals surface area contributed by atoms with Crippen LogP contribution in [0.5, 0.6) is 0 Å². The highest BCUT2D eigenvalue weighted by Crippen LogP contribution is 2.23. The van der Waals surface area contributed by atoms with E-state index in [1.807, 2.05) is 43.3 Å². The first kappa shape index (κ1) is 13.3. The van der Waals surface area contributed by atoms with Crippen molar-refractivity contribution >= 4 is 17.3 Å². The van der Waals surface area contributed by atoms with Gasteiger partial charge in [-0.25, -0.2) is 5.84 Å². The molecule has 0 amide bonds. The number of rotatable bonds is 4. The summed E-state index contributed by atoms with van der Waals surface area (Å²) in [5.74, 6) is 6.02. The summed E-state index contributed by atoms with van der Waals surface area (Å²) in [4.78, 5) is 6.35. The zero-order valence-corrected chi connectivity index (χ0v) is 10.7. The standard InChI is InChI=1S/C12H21N5/c1-4-9-14-12(16-13)15-10-7-5-6-8-11(10)17(2)3/h5-8H,4,9,13H2,1-3H3,(H2,14,15,16). The molecule has 0 radical (unpaired) electrons. The Morgan fingerprint density at radius 3 is 2.65 bits per heavy atom. The smallest absolute Gasteiger partial charge is 0.210 e. The fourth-order valence-electron chi connectivity index (χ4n) is 1.44. The van der Waals surface area contributed by atoms with Crippen molar-refractivity contribution < 1.29 is 0 Å². The number of hydrogen-bond donors (Lipinski definition) is 3. The van der Waals surface area contributed by atoms with Gasteiger partial charge in [0.15, 0.2) is 0 Å². The highest BCUT2D eigenvalue weighted by Gasteiger charge is 2.04. The van der Waals surface area contributed by atoms with Gasteiger partial charge in [-0.05, 0) is 18.6 Å². The number of nitrogens with two attached hydrogens (primary N) is 1. The van der Waals surface area contributed by atoms with Gasteiger partial charge in [-0.3, -0.25) is 10.4 Å². The molecule has 4 N–H and O–H groups in total. The average molecular weight is 235 g/mol. The van der Waals surface area contributed by atoms with Gasteiger partial charge in [0.25, 0.3) is 0 Å². The van der Waals surface area contributed by atoms with Crippen LogP contribution in [0.4, 0.5) is 11.4 Å². The van der Waals surface area contributed by atoms with E-state index in [9.17, 15) is 0 Å². The lowest BCUT2D eigenvalue weighted by molar-refractivity contribution is 0.905. The number of hydrogen-bond acceptors (Lipinski definition) is 3. The van der Waals surface area contributed by atoms with E-state index in [4.69, 9.17) is 5.84 Å². The number of anilines is 2. The van der Waals surface area contributed by atoms with Crippen LogP contribution in [-0.4, -0.2) is 26.6 Å². The van der Waals surface area contributed by atoms with Crippen molar-refractivity contribution in [2.45, 2.75) is 13.3 Å². The molecular formula is C12H21N5. The lowest BCUT2D eigenvalue weighted by atomic mass is 10.2. The molecule has 0 fully saturated rings. The SMILES string of the molecule is CCCN=C(NN)Nc1ccccc1N(C)C.